The molecule has 0 spiro atoms. The fourth-order valence-corrected chi connectivity index (χ4v) is 3.89. The summed E-state index contributed by atoms with van der Waals surface area (Å²) in [5.74, 6) is -0.170. The number of fused-ring (bicyclic) bond motifs is 1. The summed E-state index contributed by atoms with van der Waals surface area (Å²) in [5, 5.41) is 13.1. The summed E-state index contributed by atoms with van der Waals surface area (Å²) < 4.78 is 0. The van der Waals surface area contributed by atoms with Gasteiger partial charge in [-0.1, -0.05) is 11.8 Å². The standard InChI is InChI=1S/C15H22N6OS/c1-9-12(10(2)20-19-9)13(16)14(22)17-6-4-11-8-23-15-18-5-3-7-21(11)15/h8,13H,3-7,16H2,1-2H3,(H,17,22)(H,19,20). The predicted octanol–water partition coefficient (Wildman–Crippen LogP) is 1.18. The Labute approximate surface area is 139 Å². The Morgan fingerprint density at radius 2 is 2.39 bits per heavy atom. The highest BCUT2D eigenvalue weighted by Gasteiger charge is 2.25. The van der Waals surface area contributed by atoms with Crippen molar-refractivity contribution in [1.82, 2.24) is 20.4 Å². The average molecular weight is 334 g/mol. The Morgan fingerprint density at radius 3 is 3.13 bits per heavy atom. The van der Waals surface area contributed by atoms with Crippen LogP contribution in [-0.2, 0) is 4.79 Å². The van der Waals surface area contributed by atoms with Crippen LogP contribution in [0.1, 0.15) is 35.8 Å². The predicted molar refractivity (Wildman–Crippen MR) is 91.9 cm³/mol. The number of rotatable bonds is 5. The quantitative estimate of drug-likeness (QED) is 0.751. The van der Waals surface area contributed by atoms with Crippen molar-refractivity contribution in [2.24, 2.45) is 10.7 Å². The second kappa shape index (κ2) is 6.76. The number of aryl methyl sites for hydroxylation is 2. The minimum Gasteiger partial charge on any atom is -0.354 e. The number of carbonyl (C=O) groups is 1. The lowest BCUT2D eigenvalue weighted by atomic mass is 10.1. The number of aromatic amines is 1. The third-order valence-electron chi connectivity index (χ3n) is 4.12. The Hall–Kier alpha value is -1.80. The number of aromatic nitrogens is 2. The number of thioether (sulfide) groups is 1. The lowest BCUT2D eigenvalue weighted by molar-refractivity contribution is -0.122. The van der Waals surface area contributed by atoms with Gasteiger partial charge in [-0.15, -0.1) is 0 Å². The van der Waals surface area contributed by atoms with Gasteiger partial charge in [0.15, 0.2) is 5.17 Å². The number of hydrogen-bond acceptors (Lipinski definition) is 6. The second-order valence-electron chi connectivity index (χ2n) is 5.76. The van der Waals surface area contributed by atoms with Crippen molar-refractivity contribution in [1.29, 1.82) is 0 Å². The third kappa shape index (κ3) is 3.28. The summed E-state index contributed by atoms with van der Waals surface area (Å²) >= 11 is 1.67. The molecule has 7 nitrogen and oxygen atoms in total. The van der Waals surface area contributed by atoms with Crippen molar-refractivity contribution in [3.63, 3.8) is 0 Å². The number of amidine groups is 1. The normalized spacial score (nSPS) is 18.3. The molecule has 0 aliphatic carbocycles. The molecule has 0 aromatic carbocycles. The van der Waals surface area contributed by atoms with E-state index in [1.54, 1.807) is 11.8 Å². The van der Waals surface area contributed by atoms with Crippen molar-refractivity contribution in [3.05, 3.63) is 28.1 Å². The number of nitrogens with two attached hydrogens (primary N) is 1. The smallest absolute Gasteiger partial charge is 0.241 e. The summed E-state index contributed by atoms with van der Waals surface area (Å²) in [6.07, 6.45) is 1.87. The van der Waals surface area contributed by atoms with E-state index in [2.05, 4.69) is 30.8 Å². The van der Waals surface area contributed by atoms with E-state index >= 15 is 0 Å². The zero-order valence-electron chi connectivity index (χ0n) is 13.4. The van der Waals surface area contributed by atoms with E-state index in [1.807, 2.05) is 13.8 Å². The molecule has 2 aliphatic heterocycles. The molecular weight excluding hydrogens is 312 g/mol. The van der Waals surface area contributed by atoms with Gasteiger partial charge in [0.05, 0.1) is 5.69 Å². The van der Waals surface area contributed by atoms with Crippen LogP contribution in [0.25, 0.3) is 0 Å². The van der Waals surface area contributed by atoms with Crippen LogP contribution in [0.2, 0.25) is 0 Å². The highest BCUT2D eigenvalue weighted by Crippen LogP contribution is 2.30. The maximum absolute atomic E-state index is 12.3. The summed E-state index contributed by atoms with van der Waals surface area (Å²) in [6, 6.07) is -0.687. The van der Waals surface area contributed by atoms with Crippen LogP contribution in [0.15, 0.2) is 16.1 Å². The fraction of sp³-hybridized carbons (Fsp3) is 0.533. The lowest BCUT2D eigenvalue weighted by Gasteiger charge is -2.25. The largest absolute Gasteiger partial charge is 0.354 e. The lowest BCUT2D eigenvalue weighted by Crippen LogP contribution is -2.36. The molecule has 0 fully saturated rings. The number of nitrogens with one attached hydrogen (secondary N) is 2. The average Bonchev–Trinajstić information content (AvgIpc) is 3.10. The molecule has 1 amide bonds. The molecule has 3 rings (SSSR count). The van der Waals surface area contributed by atoms with Crippen molar-refractivity contribution in [2.75, 3.05) is 19.6 Å². The van der Waals surface area contributed by atoms with E-state index in [0.717, 1.165) is 48.1 Å². The molecule has 3 heterocycles. The van der Waals surface area contributed by atoms with Crippen molar-refractivity contribution >= 4 is 22.8 Å². The van der Waals surface area contributed by atoms with Gasteiger partial charge in [0.25, 0.3) is 0 Å². The van der Waals surface area contributed by atoms with Gasteiger partial charge in [-0.05, 0) is 25.7 Å². The van der Waals surface area contributed by atoms with Crippen LogP contribution >= 0.6 is 11.8 Å². The second-order valence-corrected chi connectivity index (χ2v) is 6.60. The molecule has 0 radical (unpaired) electrons. The molecule has 0 saturated carbocycles. The number of amides is 1. The van der Waals surface area contributed by atoms with Crippen LogP contribution < -0.4 is 11.1 Å². The van der Waals surface area contributed by atoms with E-state index in [-0.39, 0.29) is 5.91 Å². The molecule has 124 valence electrons. The Kier molecular flexibility index (Phi) is 4.72. The van der Waals surface area contributed by atoms with Crippen molar-refractivity contribution in [3.8, 4) is 0 Å². The first-order valence-corrected chi connectivity index (χ1v) is 8.68. The van der Waals surface area contributed by atoms with Gasteiger partial charge in [0.2, 0.25) is 5.91 Å². The van der Waals surface area contributed by atoms with Crippen molar-refractivity contribution < 1.29 is 4.79 Å². The molecule has 0 bridgehead atoms. The van der Waals surface area contributed by atoms with Crippen LogP contribution in [0.3, 0.4) is 0 Å². The highest BCUT2D eigenvalue weighted by molar-refractivity contribution is 8.16. The molecule has 2 aliphatic rings. The van der Waals surface area contributed by atoms with E-state index in [1.165, 1.54) is 5.70 Å². The number of nitrogens with zero attached hydrogens (tertiary/aromatic N) is 3. The topological polar surface area (TPSA) is 99.4 Å². The molecule has 4 N–H and O–H groups in total. The number of carbonyl (C=O) groups excluding carboxylic acids is 1. The minimum absolute atomic E-state index is 0.170. The van der Waals surface area contributed by atoms with Gasteiger partial charge in [0.1, 0.15) is 6.04 Å². The van der Waals surface area contributed by atoms with Gasteiger partial charge < -0.3 is 16.0 Å². The molecule has 0 saturated heterocycles. The summed E-state index contributed by atoms with van der Waals surface area (Å²) in [5.41, 5.74) is 9.68. The monoisotopic (exact) mass is 334 g/mol. The summed E-state index contributed by atoms with van der Waals surface area (Å²) in [6.45, 7) is 6.22. The molecule has 1 unspecified atom stereocenters. The molecule has 23 heavy (non-hydrogen) atoms. The number of hydrogen-bond donors (Lipinski definition) is 3. The third-order valence-corrected chi connectivity index (χ3v) is 5.07. The van der Waals surface area contributed by atoms with E-state index in [4.69, 9.17) is 5.73 Å². The first kappa shape index (κ1) is 16.1. The Morgan fingerprint density at radius 1 is 1.57 bits per heavy atom. The zero-order chi connectivity index (χ0) is 16.4. The number of H-pyrrole nitrogens is 1. The van der Waals surface area contributed by atoms with Crippen LogP contribution in [0, 0.1) is 13.8 Å². The summed E-state index contributed by atoms with van der Waals surface area (Å²) in [7, 11) is 0. The Balaban J connectivity index is 1.52. The SMILES string of the molecule is Cc1n[nH]c(C)c1C(N)C(=O)NCCC1=CSC2=NCCCN12. The van der Waals surface area contributed by atoms with E-state index in [9.17, 15) is 4.79 Å². The fourth-order valence-electron chi connectivity index (χ4n) is 2.90. The summed E-state index contributed by atoms with van der Waals surface area (Å²) in [4.78, 5) is 19.0. The first-order chi connectivity index (χ1) is 11.1. The van der Waals surface area contributed by atoms with Gasteiger partial charge in [0, 0.05) is 43.0 Å². The molecule has 1 atom stereocenters. The van der Waals surface area contributed by atoms with Gasteiger partial charge in [-0.3, -0.25) is 14.9 Å². The molecule has 8 heteroatoms. The van der Waals surface area contributed by atoms with Crippen LogP contribution in [0.5, 0.6) is 0 Å². The molecular formula is C15H22N6OS. The molecule has 1 aromatic rings. The Bertz CT molecular complexity index is 645. The highest BCUT2D eigenvalue weighted by atomic mass is 32.2. The van der Waals surface area contributed by atoms with Crippen LogP contribution in [0.4, 0.5) is 0 Å². The maximum Gasteiger partial charge on any atom is 0.241 e. The van der Waals surface area contributed by atoms with Gasteiger partial charge in [-0.2, -0.15) is 5.10 Å². The minimum atomic E-state index is -0.687. The zero-order valence-corrected chi connectivity index (χ0v) is 14.2. The first-order valence-electron chi connectivity index (χ1n) is 7.80. The maximum atomic E-state index is 12.3. The van der Waals surface area contributed by atoms with Gasteiger partial charge >= 0.3 is 0 Å². The molecule has 1 aromatic heterocycles. The van der Waals surface area contributed by atoms with E-state index < -0.39 is 6.04 Å². The van der Waals surface area contributed by atoms with E-state index in [0.29, 0.717) is 6.54 Å². The van der Waals surface area contributed by atoms with Crippen LogP contribution in [-0.4, -0.2) is 45.8 Å². The number of aliphatic imine (C=N–C) groups is 1. The van der Waals surface area contributed by atoms with Crippen molar-refractivity contribution in [2.45, 2.75) is 32.7 Å². The van der Waals surface area contributed by atoms with Gasteiger partial charge in [-0.25, -0.2) is 0 Å².